The molecule has 0 saturated heterocycles. The first-order valence-corrected chi connectivity index (χ1v) is 7.26. The molecule has 0 spiro atoms. The van der Waals surface area contributed by atoms with Crippen LogP contribution < -0.4 is 0 Å². The van der Waals surface area contributed by atoms with E-state index in [9.17, 15) is 0 Å². The predicted octanol–water partition coefficient (Wildman–Crippen LogP) is 4.69. The normalized spacial score (nSPS) is 11.2. The van der Waals surface area contributed by atoms with E-state index in [0.29, 0.717) is 16.7 Å². The summed E-state index contributed by atoms with van der Waals surface area (Å²) in [4.78, 5) is 0. The van der Waals surface area contributed by atoms with Gasteiger partial charge in [-0.3, -0.25) is 4.68 Å². The Morgan fingerprint density at radius 3 is 2.67 bits per heavy atom. The minimum Gasteiger partial charge on any atom is -0.378 e. The van der Waals surface area contributed by atoms with E-state index in [1.165, 1.54) is 0 Å². The first kappa shape index (κ1) is 14.4. The summed E-state index contributed by atoms with van der Waals surface area (Å²) >= 11 is 12.3. The van der Waals surface area contributed by atoms with E-state index in [4.69, 9.17) is 27.9 Å². The summed E-state index contributed by atoms with van der Waals surface area (Å²) in [5.74, 6) is 0. The van der Waals surface area contributed by atoms with Crippen molar-refractivity contribution < 1.29 is 4.74 Å². The summed E-state index contributed by atoms with van der Waals surface area (Å²) in [6, 6.07) is 11.6. The average molecular weight is 321 g/mol. The van der Waals surface area contributed by atoms with Crippen LogP contribution in [-0.2, 0) is 18.4 Å². The second kappa shape index (κ2) is 5.68. The lowest BCUT2D eigenvalue weighted by Gasteiger charge is -2.06. The largest absolute Gasteiger partial charge is 0.378 e. The van der Waals surface area contributed by atoms with E-state index < -0.39 is 0 Å². The molecule has 0 amide bonds. The summed E-state index contributed by atoms with van der Waals surface area (Å²) in [5.41, 5.74) is 3.87. The lowest BCUT2D eigenvalue weighted by molar-refractivity contribution is 0.179. The van der Waals surface area contributed by atoms with Gasteiger partial charge in [0.15, 0.2) is 0 Å². The van der Waals surface area contributed by atoms with Crippen LogP contribution in [0.2, 0.25) is 10.0 Å². The van der Waals surface area contributed by atoms with E-state index in [2.05, 4.69) is 5.10 Å². The number of rotatable bonds is 3. The number of hydrogen-bond acceptors (Lipinski definition) is 2. The first-order valence-electron chi connectivity index (χ1n) is 6.50. The number of aryl methyl sites for hydroxylation is 1. The topological polar surface area (TPSA) is 27.1 Å². The number of benzene rings is 2. The van der Waals surface area contributed by atoms with Crippen LogP contribution in [0.15, 0.2) is 36.4 Å². The quantitative estimate of drug-likeness (QED) is 0.699. The highest BCUT2D eigenvalue weighted by atomic mass is 35.5. The number of ether oxygens (including phenoxy) is 1. The second-order valence-electron chi connectivity index (χ2n) is 4.83. The molecular formula is C16H14Cl2N2O. The van der Waals surface area contributed by atoms with Crippen LogP contribution in [0.1, 0.15) is 5.69 Å². The molecule has 0 atom stereocenters. The van der Waals surface area contributed by atoms with Crippen molar-refractivity contribution in [2.75, 3.05) is 7.11 Å². The van der Waals surface area contributed by atoms with Crippen molar-refractivity contribution in [3.8, 4) is 11.1 Å². The molecule has 1 aromatic heterocycles. The summed E-state index contributed by atoms with van der Waals surface area (Å²) in [7, 11) is 3.60. The van der Waals surface area contributed by atoms with Crippen molar-refractivity contribution >= 4 is 34.1 Å². The van der Waals surface area contributed by atoms with Gasteiger partial charge < -0.3 is 4.74 Å². The fourth-order valence-electron chi connectivity index (χ4n) is 2.50. The molecule has 0 aliphatic heterocycles. The molecule has 3 nitrogen and oxygen atoms in total. The van der Waals surface area contributed by atoms with Gasteiger partial charge >= 0.3 is 0 Å². The van der Waals surface area contributed by atoms with Crippen molar-refractivity contribution in [3.05, 3.63) is 52.1 Å². The Kier molecular flexibility index (Phi) is 3.89. The smallest absolute Gasteiger partial charge is 0.101 e. The number of nitrogens with zero attached hydrogens (tertiary/aromatic N) is 2. The molecule has 0 unspecified atom stereocenters. The van der Waals surface area contributed by atoms with Crippen LogP contribution in [-0.4, -0.2) is 16.9 Å². The third kappa shape index (κ3) is 2.53. The highest BCUT2D eigenvalue weighted by Crippen LogP contribution is 2.35. The van der Waals surface area contributed by atoms with Crippen molar-refractivity contribution in [3.63, 3.8) is 0 Å². The lowest BCUT2D eigenvalue weighted by atomic mass is 10.0. The predicted molar refractivity (Wildman–Crippen MR) is 86.9 cm³/mol. The van der Waals surface area contributed by atoms with Gasteiger partial charge in [-0.1, -0.05) is 47.5 Å². The minimum atomic E-state index is 0.519. The first-order chi connectivity index (χ1) is 10.1. The summed E-state index contributed by atoms with van der Waals surface area (Å²) in [5, 5.41) is 6.93. The Morgan fingerprint density at radius 2 is 1.95 bits per heavy atom. The monoisotopic (exact) mass is 320 g/mol. The standard InChI is InChI=1S/C16H14Cl2N2O/c1-20-15(9-21-2)13-5-3-4-12(16(13)19-20)11-7-6-10(17)8-14(11)18/h3-8H,9H2,1-2H3. The molecule has 0 fully saturated rings. The lowest BCUT2D eigenvalue weighted by Crippen LogP contribution is -1.99. The Bertz CT molecular complexity index is 811. The fourth-order valence-corrected chi connectivity index (χ4v) is 3.01. The Balaban J connectivity index is 2.26. The molecule has 21 heavy (non-hydrogen) atoms. The third-order valence-corrected chi connectivity index (χ3v) is 4.04. The minimum absolute atomic E-state index is 0.519. The van der Waals surface area contributed by atoms with Crippen LogP contribution in [0, 0.1) is 0 Å². The van der Waals surface area contributed by atoms with Gasteiger partial charge in [0.25, 0.3) is 0 Å². The molecule has 1 heterocycles. The van der Waals surface area contributed by atoms with E-state index in [1.54, 1.807) is 13.2 Å². The molecule has 0 bridgehead atoms. The molecule has 3 rings (SSSR count). The second-order valence-corrected chi connectivity index (χ2v) is 5.67. The molecule has 2 aromatic carbocycles. The van der Waals surface area contributed by atoms with E-state index in [1.807, 2.05) is 42.1 Å². The number of fused-ring (bicyclic) bond motifs is 1. The van der Waals surface area contributed by atoms with Crippen LogP contribution in [0.25, 0.3) is 22.0 Å². The molecule has 0 radical (unpaired) electrons. The van der Waals surface area contributed by atoms with Gasteiger partial charge in [0, 0.05) is 40.7 Å². The molecule has 0 aliphatic rings. The molecule has 0 aliphatic carbocycles. The van der Waals surface area contributed by atoms with Crippen LogP contribution in [0.4, 0.5) is 0 Å². The van der Waals surface area contributed by atoms with Crippen molar-refractivity contribution in [1.29, 1.82) is 0 Å². The van der Waals surface area contributed by atoms with Gasteiger partial charge in [-0.25, -0.2) is 0 Å². The van der Waals surface area contributed by atoms with Gasteiger partial charge in [-0.2, -0.15) is 5.10 Å². The maximum Gasteiger partial charge on any atom is 0.101 e. The van der Waals surface area contributed by atoms with Gasteiger partial charge in [0.2, 0.25) is 0 Å². The van der Waals surface area contributed by atoms with Crippen LogP contribution >= 0.6 is 23.2 Å². The van der Waals surface area contributed by atoms with Crippen LogP contribution in [0.3, 0.4) is 0 Å². The van der Waals surface area contributed by atoms with E-state index in [0.717, 1.165) is 27.7 Å². The zero-order valence-electron chi connectivity index (χ0n) is 11.7. The SMILES string of the molecule is COCc1c2cccc(-c3ccc(Cl)cc3Cl)c2nn1C. The average Bonchev–Trinajstić information content (AvgIpc) is 2.76. The Morgan fingerprint density at radius 1 is 1.14 bits per heavy atom. The molecule has 0 N–H and O–H groups in total. The molecule has 108 valence electrons. The summed E-state index contributed by atoms with van der Waals surface area (Å²) in [6.07, 6.45) is 0. The zero-order valence-corrected chi connectivity index (χ0v) is 13.2. The van der Waals surface area contributed by atoms with Gasteiger partial charge in [-0.15, -0.1) is 0 Å². The van der Waals surface area contributed by atoms with Crippen LogP contribution in [0.5, 0.6) is 0 Å². The molecule has 5 heteroatoms. The van der Waals surface area contributed by atoms with Crippen molar-refractivity contribution in [2.24, 2.45) is 7.05 Å². The third-order valence-electron chi connectivity index (χ3n) is 3.49. The molecule has 3 aromatic rings. The molecule has 0 saturated carbocycles. The van der Waals surface area contributed by atoms with Gasteiger partial charge in [0.05, 0.1) is 12.3 Å². The maximum atomic E-state index is 6.33. The zero-order chi connectivity index (χ0) is 15.0. The maximum absolute atomic E-state index is 6.33. The van der Waals surface area contributed by atoms with Crippen molar-refractivity contribution in [1.82, 2.24) is 9.78 Å². The summed E-state index contributed by atoms with van der Waals surface area (Å²) in [6.45, 7) is 0.519. The van der Waals surface area contributed by atoms with E-state index in [-0.39, 0.29) is 0 Å². The number of aromatic nitrogens is 2. The summed E-state index contributed by atoms with van der Waals surface area (Å²) < 4.78 is 7.10. The number of methoxy groups -OCH3 is 1. The Labute approximate surface area is 133 Å². The number of hydrogen-bond donors (Lipinski definition) is 0. The fraction of sp³-hybridized carbons (Fsp3) is 0.188. The van der Waals surface area contributed by atoms with Crippen molar-refractivity contribution in [2.45, 2.75) is 6.61 Å². The highest BCUT2D eigenvalue weighted by Gasteiger charge is 2.14. The number of halogens is 2. The molecular weight excluding hydrogens is 307 g/mol. The highest BCUT2D eigenvalue weighted by molar-refractivity contribution is 6.36. The van der Waals surface area contributed by atoms with E-state index >= 15 is 0 Å². The van der Waals surface area contributed by atoms with Gasteiger partial charge in [0.1, 0.15) is 5.52 Å². The Hall–Kier alpha value is -1.55. The van der Waals surface area contributed by atoms with Gasteiger partial charge in [-0.05, 0) is 12.1 Å².